The molecule has 250 valence electrons. The number of alkyl halides is 7. The molecule has 2 fully saturated rings. The summed E-state index contributed by atoms with van der Waals surface area (Å²) >= 11 is 1.05. The normalized spacial score (nSPS) is 21.1. The quantitative estimate of drug-likeness (QED) is 0.163. The number of fused-ring (bicyclic) bond motifs is 1. The third-order valence-corrected chi connectivity index (χ3v) is 12.5. The van der Waals surface area contributed by atoms with E-state index < -0.39 is 44.1 Å². The van der Waals surface area contributed by atoms with Crippen LogP contribution in [0.3, 0.4) is 0 Å². The Balaban J connectivity index is 1.40. The summed E-state index contributed by atoms with van der Waals surface area (Å²) in [5.74, 6) is 4.94. The Bertz CT molecular complexity index is 1650. The summed E-state index contributed by atoms with van der Waals surface area (Å²) < 4.78 is 114. The summed E-state index contributed by atoms with van der Waals surface area (Å²) in [4.78, 5) is 4.04. The van der Waals surface area contributed by atoms with Gasteiger partial charge in [-0.15, -0.1) is 24.5 Å². The Kier molecular flexibility index (Phi) is 10.2. The van der Waals surface area contributed by atoms with E-state index in [1.54, 1.807) is 18.2 Å². The third kappa shape index (κ3) is 8.48. The van der Waals surface area contributed by atoms with Gasteiger partial charge in [0.05, 0.1) is 40.0 Å². The molecule has 2 aliphatic rings. The molecule has 3 aromatic rings. The van der Waals surface area contributed by atoms with Gasteiger partial charge in [-0.1, -0.05) is 24.0 Å². The molecule has 2 atom stereocenters. The number of benzene rings is 2. The summed E-state index contributed by atoms with van der Waals surface area (Å²) in [6.07, 6.45) is -10.7. The standard InChI is InChI=1S/C31H34F7N4O2PS/c1-41-13-15-45(43,16-14-41)20-8-9-25(27(17-20)44-31(36,37)38)39-11-4-7-28-22(18-30(33,34)35)21-5-3-6-26(29(21)46-28)40-24-10-12-42(2)19-23(24)32/h3,5-6,8-9,17,23-24,39-40H,10-16,18-19H2,1-2H3. The number of nitrogens with zero attached hydrogens (tertiary/aromatic N) is 2. The van der Waals surface area contributed by atoms with Crippen molar-refractivity contribution in [3.05, 3.63) is 46.8 Å². The van der Waals surface area contributed by atoms with Gasteiger partial charge in [0.1, 0.15) is 13.3 Å². The molecule has 0 amide bonds. The van der Waals surface area contributed by atoms with Gasteiger partial charge in [-0.3, -0.25) is 0 Å². The molecular weight excluding hydrogens is 656 g/mol. The minimum Gasteiger partial charge on any atom is -0.404 e. The van der Waals surface area contributed by atoms with Gasteiger partial charge in [0.15, 0.2) is 5.75 Å². The molecule has 15 heteroatoms. The van der Waals surface area contributed by atoms with E-state index in [0.717, 1.165) is 17.4 Å². The molecule has 2 saturated heterocycles. The molecule has 0 bridgehead atoms. The first-order chi connectivity index (χ1) is 21.6. The van der Waals surface area contributed by atoms with E-state index in [0.29, 0.717) is 59.5 Å². The fourth-order valence-electron chi connectivity index (χ4n) is 5.71. The van der Waals surface area contributed by atoms with Gasteiger partial charge in [-0.2, -0.15) is 13.2 Å². The van der Waals surface area contributed by atoms with Crippen LogP contribution in [0.15, 0.2) is 36.4 Å². The van der Waals surface area contributed by atoms with Crippen LogP contribution in [-0.2, 0) is 11.0 Å². The largest absolute Gasteiger partial charge is 0.573 e. The number of hydrogen-bond acceptors (Lipinski definition) is 7. The number of rotatable bonds is 7. The van der Waals surface area contributed by atoms with Crippen LogP contribution in [-0.4, -0.2) is 93.7 Å². The van der Waals surface area contributed by atoms with Crippen molar-refractivity contribution in [1.82, 2.24) is 9.80 Å². The minimum atomic E-state index is -5.01. The Morgan fingerprint density at radius 1 is 1.02 bits per heavy atom. The van der Waals surface area contributed by atoms with Gasteiger partial charge in [0, 0.05) is 43.8 Å². The molecule has 0 spiro atoms. The highest BCUT2D eigenvalue weighted by Gasteiger charge is 2.35. The molecule has 46 heavy (non-hydrogen) atoms. The van der Waals surface area contributed by atoms with Crippen LogP contribution >= 0.6 is 18.5 Å². The lowest BCUT2D eigenvalue weighted by Crippen LogP contribution is -2.46. The maximum atomic E-state index is 14.7. The van der Waals surface area contributed by atoms with Gasteiger partial charge >= 0.3 is 12.5 Å². The second-order valence-corrected chi connectivity index (χ2v) is 15.9. The Morgan fingerprint density at radius 2 is 1.76 bits per heavy atom. The lowest BCUT2D eigenvalue weighted by molar-refractivity contribution is -0.274. The highest BCUT2D eigenvalue weighted by molar-refractivity contribution is 7.71. The number of nitrogens with one attached hydrogen (secondary N) is 2. The Hall–Kier alpha value is -2.98. The molecule has 0 aliphatic carbocycles. The lowest BCUT2D eigenvalue weighted by atomic mass is 10.0. The van der Waals surface area contributed by atoms with E-state index in [2.05, 4.69) is 27.2 Å². The fraction of sp³-hybridized carbons (Fsp3) is 0.484. The number of likely N-dealkylation sites (tertiary alicyclic amines) is 1. The highest BCUT2D eigenvalue weighted by Crippen LogP contribution is 2.47. The van der Waals surface area contributed by atoms with Crippen LogP contribution in [0.25, 0.3) is 10.1 Å². The van der Waals surface area contributed by atoms with Gasteiger partial charge in [0.2, 0.25) is 0 Å². The van der Waals surface area contributed by atoms with Crippen molar-refractivity contribution in [2.24, 2.45) is 0 Å². The van der Waals surface area contributed by atoms with Crippen LogP contribution < -0.4 is 20.7 Å². The van der Waals surface area contributed by atoms with Crippen LogP contribution in [0.5, 0.6) is 5.75 Å². The molecule has 6 nitrogen and oxygen atoms in total. The second kappa shape index (κ2) is 13.6. The molecule has 2 unspecified atom stereocenters. The van der Waals surface area contributed by atoms with E-state index >= 15 is 0 Å². The number of anilines is 2. The minimum absolute atomic E-state index is 0.0166. The molecule has 1 aromatic heterocycles. The molecule has 2 aliphatic heterocycles. The Labute approximate surface area is 266 Å². The molecule has 0 saturated carbocycles. The lowest BCUT2D eigenvalue weighted by Gasteiger charge is -2.33. The first kappa shape index (κ1) is 34.4. The van der Waals surface area contributed by atoms with Crippen LogP contribution in [0.4, 0.5) is 42.1 Å². The van der Waals surface area contributed by atoms with Crippen molar-refractivity contribution in [2.45, 2.75) is 37.6 Å². The van der Waals surface area contributed by atoms with Gasteiger partial charge < -0.3 is 29.7 Å². The predicted molar refractivity (Wildman–Crippen MR) is 169 cm³/mol. The number of hydrogen-bond donors (Lipinski definition) is 2. The number of piperidine rings is 1. The first-order valence-corrected chi connectivity index (χ1v) is 17.6. The zero-order chi connectivity index (χ0) is 33.3. The molecule has 2 aromatic carbocycles. The van der Waals surface area contributed by atoms with Gasteiger partial charge in [0.25, 0.3) is 0 Å². The molecule has 0 radical (unpaired) electrons. The third-order valence-electron chi connectivity index (χ3n) is 8.20. The average molecular weight is 691 g/mol. The van der Waals surface area contributed by atoms with E-state index in [1.165, 1.54) is 12.1 Å². The van der Waals surface area contributed by atoms with Gasteiger partial charge in [-0.05, 0) is 55.7 Å². The van der Waals surface area contributed by atoms with Crippen molar-refractivity contribution in [3.8, 4) is 17.6 Å². The Morgan fingerprint density at radius 3 is 2.43 bits per heavy atom. The molecule has 5 rings (SSSR count). The van der Waals surface area contributed by atoms with E-state index in [1.807, 2.05) is 23.9 Å². The van der Waals surface area contributed by atoms with Gasteiger partial charge in [-0.25, -0.2) is 4.39 Å². The second-order valence-electron chi connectivity index (χ2n) is 11.7. The highest BCUT2D eigenvalue weighted by atomic mass is 32.1. The van der Waals surface area contributed by atoms with Crippen molar-refractivity contribution in [1.29, 1.82) is 0 Å². The predicted octanol–water partition coefficient (Wildman–Crippen LogP) is 6.76. The fourth-order valence-corrected chi connectivity index (χ4v) is 9.65. The monoisotopic (exact) mass is 690 g/mol. The first-order valence-electron chi connectivity index (χ1n) is 14.7. The maximum Gasteiger partial charge on any atom is 0.573 e. The SMILES string of the molecule is CN1CCP(=O)(c2ccc(NCC#Cc3sc4c(NC5CCN(C)CC5F)cccc4c3CC(F)(F)F)c(OC(F)(F)F)c2)CC1. The molecular formula is C31H34F7N4O2PS. The molecule has 2 N–H and O–H groups in total. The van der Waals surface area contributed by atoms with Crippen molar-refractivity contribution >= 4 is 45.2 Å². The number of ether oxygens (including phenoxy) is 1. The maximum absolute atomic E-state index is 14.7. The summed E-state index contributed by atoms with van der Waals surface area (Å²) in [5, 5.41) is 6.59. The van der Waals surface area contributed by atoms with E-state index in [-0.39, 0.29) is 29.2 Å². The van der Waals surface area contributed by atoms with E-state index in [9.17, 15) is 35.3 Å². The number of thiophene rings is 1. The van der Waals surface area contributed by atoms with Crippen LogP contribution in [0.2, 0.25) is 0 Å². The van der Waals surface area contributed by atoms with Crippen molar-refractivity contribution < 1.29 is 40.0 Å². The van der Waals surface area contributed by atoms with Crippen LogP contribution in [0, 0.1) is 11.8 Å². The average Bonchev–Trinajstić information content (AvgIpc) is 3.30. The summed E-state index contributed by atoms with van der Waals surface area (Å²) in [7, 11) is 0.796. The zero-order valence-electron chi connectivity index (χ0n) is 25.2. The molecule has 3 heterocycles. The zero-order valence-corrected chi connectivity index (χ0v) is 26.9. The van der Waals surface area contributed by atoms with Crippen LogP contribution in [0.1, 0.15) is 16.9 Å². The van der Waals surface area contributed by atoms with Crippen molar-refractivity contribution in [2.75, 3.05) is 69.8 Å². The number of halogens is 7. The summed E-state index contributed by atoms with van der Waals surface area (Å²) in [6.45, 7) is 1.83. The topological polar surface area (TPSA) is 56.8 Å². The van der Waals surface area contributed by atoms with Crippen molar-refractivity contribution in [3.63, 3.8) is 0 Å². The summed E-state index contributed by atoms with van der Waals surface area (Å²) in [6, 6.07) is 8.40. The summed E-state index contributed by atoms with van der Waals surface area (Å²) in [5.41, 5.74) is 0.456. The van der Waals surface area contributed by atoms with E-state index in [4.69, 9.17) is 0 Å². The smallest absolute Gasteiger partial charge is 0.404 e.